The van der Waals surface area contributed by atoms with E-state index in [1.54, 1.807) is 0 Å². The molecule has 0 radical (unpaired) electrons. The third kappa shape index (κ3) is 3.65. The number of ether oxygens (including phenoxy) is 1. The van der Waals surface area contributed by atoms with Crippen LogP contribution in [0.5, 0.6) is 0 Å². The predicted octanol–water partition coefficient (Wildman–Crippen LogP) is 2.52. The standard InChI is InChI=1S/C11H23NO/c1-9(2)10-4-3-5-11(7-6-10)13-8-12/h9-11H,3-8,12H2,1-2H3. The second-order valence-corrected chi connectivity index (χ2v) is 4.47. The van der Waals surface area contributed by atoms with Gasteiger partial charge in [-0.25, -0.2) is 0 Å². The van der Waals surface area contributed by atoms with Crippen molar-refractivity contribution in [3.8, 4) is 0 Å². The molecule has 2 unspecified atom stereocenters. The summed E-state index contributed by atoms with van der Waals surface area (Å²) < 4.78 is 5.47. The Kier molecular flexibility index (Phi) is 4.74. The van der Waals surface area contributed by atoms with Crippen LogP contribution in [-0.2, 0) is 4.74 Å². The molecule has 1 aliphatic carbocycles. The van der Waals surface area contributed by atoms with Crippen molar-refractivity contribution in [2.75, 3.05) is 6.73 Å². The SMILES string of the molecule is CC(C)C1CCCC(OCN)CC1. The van der Waals surface area contributed by atoms with Crippen LogP contribution in [0.2, 0.25) is 0 Å². The summed E-state index contributed by atoms with van der Waals surface area (Å²) in [7, 11) is 0. The number of nitrogens with two attached hydrogens (primary N) is 1. The predicted molar refractivity (Wildman–Crippen MR) is 55.3 cm³/mol. The molecular formula is C11H23NO. The summed E-state index contributed by atoms with van der Waals surface area (Å²) in [6.07, 6.45) is 6.87. The van der Waals surface area contributed by atoms with Crippen LogP contribution < -0.4 is 5.73 Å². The average molecular weight is 185 g/mol. The van der Waals surface area contributed by atoms with Gasteiger partial charge in [-0.15, -0.1) is 0 Å². The van der Waals surface area contributed by atoms with Gasteiger partial charge in [0.25, 0.3) is 0 Å². The maximum absolute atomic E-state index is 5.47. The van der Waals surface area contributed by atoms with Crippen LogP contribution in [0.1, 0.15) is 46.0 Å². The van der Waals surface area contributed by atoms with Crippen LogP contribution in [-0.4, -0.2) is 12.8 Å². The molecule has 1 saturated carbocycles. The number of rotatable bonds is 3. The van der Waals surface area contributed by atoms with Gasteiger partial charge >= 0.3 is 0 Å². The van der Waals surface area contributed by atoms with Crippen LogP contribution in [0, 0.1) is 11.8 Å². The monoisotopic (exact) mass is 185 g/mol. The van der Waals surface area contributed by atoms with E-state index < -0.39 is 0 Å². The second-order valence-electron chi connectivity index (χ2n) is 4.47. The van der Waals surface area contributed by atoms with Crippen LogP contribution in [0.3, 0.4) is 0 Å². The summed E-state index contributed by atoms with van der Waals surface area (Å²) in [6.45, 7) is 5.04. The quantitative estimate of drug-likeness (QED) is 0.541. The third-order valence-corrected chi connectivity index (χ3v) is 3.24. The lowest BCUT2D eigenvalue weighted by molar-refractivity contribution is 0.0465. The highest BCUT2D eigenvalue weighted by Gasteiger charge is 2.20. The van der Waals surface area contributed by atoms with E-state index in [0.717, 1.165) is 11.8 Å². The smallest absolute Gasteiger partial charge is 0.0944 e. The largest absolute Gasteiger partial charge is 0.363 e. The van der Waals surface area contributed by atoms with Gasteiger partial charge < -0.3 is 10.5 Å². The van der Waals surface area contributed by atoms with Crippen molar-refractivity contribution in [3.05, 3.63) is 0 Å². The van der Waals surface area contributed by atoms with Gasteiger partial charge in [-0.3, -0.25) is 0 Å². The molecule has 0 spiro atoms. The maximum atomic E-state index is 5.47. The third-order valence-electron chi connectivity index (χ3n) is 3.24. The molecule has 1 fully saturated rings. The summed E-state index contributed by atoms with van der Waals surface area (Å²) >= 11 is 0. The van der Waals surface area contributed by atoms with Crippen LogP contribution in [0.25, 0.3) is 0 Å². The Morgan fingerprint density at radius 2 is 2.00 bits per heavy atom. The fraction of sp³-hybridized carbons (Fsp3) is 1.00. The summed E-state index contributed by atoms with van der Waals surface area (Å²) in [4.78, 5) is 0. The Labute approximate surface area is 81.8 Å². The highest BCUT2D eigenvalue weighted by molar-refractivity contribution is 4.72. The molecule has 78 valence electrons. The molecule has 0 bridgehead atoms. The van der Waals surface area contributed by atoms with Gasteiger partial charge in [-0.2, -0.15) is 0 Å². The molecule has 0 heterocycles. The number of hydrogen-bond donors (Lipinski definition) is 1. The minimum Gasteiger partial charge on any atom is -0.363 e. The first-order valence-corrected chi connectivity index (χ1v) is 5.55. The van der Waals surface area contributed by atoms with Gasteiger partial charge in [0.2, 0.25) is 0 Å². The van der Waals surface area contributed by atoms with Crippen molar-refractivity contribution in [3.63, 3.8) is 0 Å². The summed E-state index contributed by atoms with van der Waals surface area (Å²) in [5.74, 6) is 1.74. The summed E-state index contributed by atoms with van der Waals surface area (Å²) in [5, 5.41) is 0. The van der Waals surface area contributed by atoms with Crippen LogP contribution in [0.4, 0.5) is 0 Å². The van der Waals surface area contributed by atoms with Gasteiger partial charge in [0.15, 0.2) is 0 Å². The van der Waals surface area contributed by atoms with Crippen LogP contribution in [0.15, 0.2) is 0 Å². The lowest BCUT2D eigenvalue weighted by Crippen LogP contribution is -2.17. The van der Waals surface area contributed by atoms with Gasteiger partial charge in [-0.05, 0) is 31.1 Å². The van der Waals surface area contributed by atoms with E-state index in [9.17, 15) is 0 Å². The van der Waals surface area contributed by atoms with E-state index in [1.165, 1.54) is 32.1 Å². The van der Waals surface area contributed by atoms with Gasteiger partial charge in [-0.1, -0.05) is 26.7 Å². The van der Waals surface area contributed by atoms with Crippen molar-refractivity contribution in [1.82, 2.24) is 0 Å². The molecule has 0 aromatic rings. The zero-order valence-corrected chi connectivity index (χ0v) is 8.96. The van der Waals surface area contributed by atoms with E-state index in [-0.39, 0.29) is 0 Å². The first-order valence-electron chi connectivity index (χ1n) is 5.55. The lowest BCUT2D eigenvalue weighted by Gasteiger charge is -2.18. The van der Waals surface area contributed by atoms with Gasteiger partial charge in [0, 0.05) is 0 Å². The van der Waals surface area contributed by atoms with E-state index in [1.807, 2.05) is 0 Å². The molecule has 0 aliphatic heterocycles. The lowest BCUT2D eigenvalue weighted by atomic mass is 9.89. The van der Waals surface area contributed by atoms with Crippen molar-refractivity contribution >= 4 is 0 Å². The van der Waals surface area contributed by atoms with E-state index in [0.29, 0.717) is 12.8 Å². The van der Waals surface area contributed by atoms with Crippen molar-refractivity contribution in [2.24, 2.45) is 17.6 Å². The minimum atomic E-state index is 0.386. The zero-order valence-electron chi connectivity index (χ0n) is 8.96. The normalized spacial score (nSPS) is 30.5. The molecule has 0 saturated heterocycles. The Morgan fingerprint density at radius 3 is 2.62 bits per heavy atom. The van der Waals surface area contributed by atoms with Gasteiger partial charge in [0.1, 0.15) is 0 Å². The molecule has 2 heteroatoms. The Bertz CT molecular complexity index is 136. The van der Waals surface area contributed by atoms with Crippen molar-refractivity contribution in [1.29, 1.82) is 0 Å². The summed E-state index contributed by atoms with van der Waals surface area (Å²) in [5.41, 5.74) is 5.38. The molecule has 0 amide bonds. The Morgan fingerprint density at radius 1 is 1.23 bits per heavy atom. The first-order chi connectivity index (χ1) is 6.24. The molecule has 2 N–H and O–H groups in total. The summed E-state index contributed by atoms with van der Waals surface area (Å²) in [6, 6.07) is 0. The fourth-order valence-electron chi connectivity index (χ4n) is 2.27. The minimum absolute atomic E-state index is 0.386. The molecule has 0 aromatic carbocycles. The van der Waals surface area contributed by atoms with Crippen molar-refractivity contribution < 1.29 is 4.74 Å². The first kappa shape index (κ1) is 11.0. The van der Waals surface area contributed by atoms with E-state index in [4.69, 9.17) is 10.5 Å². The maximum Gasteiger partial charge on any atom is 0.0944 e. The zero-order chi connectivity index (χ0) is 9.68. The molecule has 2 nitrogen and oxygen atoms in total. The molecule has 13 heavy (non-hydrogen) atoms. The fourth-order valence-corrected chi connectivity index (χ4v) is 2.27. The molecule has 2 atom stereocenters. The van der Waals surface area contributed by atoms with E-state index in [2.05, 4.69) is 13.8 Å². The highest BCUT2D eigenvalue weighted by atomic mass is 16.5. The highest BCUT2D eigenvalue weighted by Crippen LogP contribution is 2.29. The molecule has 0 aromatic heterocycles. The average Bonchev–Trinajstić information content (AvgIpc) is 2.30. The molecule has 1 rings (SSSR count). The molecule has 1 aliphatic rings. The number of hydrogen-bond acceptors (Lipinski definition) is 2. The van der Waals surface area contributed by atoms with Crippen molar-refractivity contribution in [2.45, 2.75) is 52.1 Å². The molecular weight excluding hydrogens is 162 g/mol. The topological polar surface area (TPSA) is 35.2 Å². The van der Waals surface area contributed by atoms with Gasteiger partial charge in [0.05, 0.1) is 12.8 Å². The second kappa shape index (κ2) is 5.61. The van der Waals surface area contributed by atoms with Crippen LogP contribution >= 0.6 is 0 Å². The Hall–Kier alpha value is -0.0800. The Balaban J connectivity index is 2.30. The van der Waals surface area contributed by atoms with E-state index >= 15 is 0 Å².